The van der Waals surface area contributed by atoms with Crippen LogP contribution >= 0.6 is 0 Å². The van der Waals surface area contributed by atoms with Crippen LogP contribution in [0.1, 0.15) is 29.8 Å². The second-order valence-corrected chi connectivity index (χ2v) is 5.23. The maximum absolute atomic E-state index is 13.5. The van der Waals surface area contributed by atoms with E-state index in [9.17, 15) is 14.3 Å². The average Bonchev–Trinajstić information content (AvgIpc) is 2.79. The summed E-state index contributed by atoms with van der Waals surface area (Å²) in [4.78, 5) is 11.2. The van der Waals surface area contributed by atoms with Crippen LogP contribution in [0.2, 0.25) is 0 Å². The summed E-state index contributed by atoms with van der Waals surface area (Å²) in [6.45, 7) is 5.85. The Labute approximate surface area is 139 Å². The third-order valence-corrected chi connectivity index (χ3v) is 3.90. The van der Waals surface area contributed by atoms with Gasteiger partial charge in [-0.3, -0.25) is 0 Å². The van der Waals surface area contributed by atoms with Crippen molar-refractivity contribution in [1.82, 2.24) is 4.57 Å². The van der Waals surface area contributed by atoms with E-state index in [2.05, 4.69) is 0 Å². The highest BCUT2D eigenvalue weighted by Crippen LogP contribution is 2.35. The largest absolute Gasteiger partial charge is 0.507 e. The summed E-state index contributed by atoms with van der Waals surface area (Å²) in [6.07, 6.45) is 0. The second kappa shape index (κ2) is 6.74. The molecule has 0 amide bonds. The van der Waals surface area contributed by atoms with Crippen LogP contribution in [0.5, 0.6) is 5.75 Å². The van der Waals surface area contributed by atoms with E-state index in [1.54, 1.807) is 19.2 Å². The zero-order chi connectivity index (χ0) is 18.0. The first-order valence-corrected chi connectivity index (χ1v) is 7.71. The first-order chi connectivity index (χ1) is 11.4. The fourth-order valence-corrected chi connectivity index (χ4v) is 2.87. The van der Waals surface area contributed by atoms with Gasteiger partial charge >= 0.3 is 5.97 Å². The van der Waals surface area contributed by atoms with Crippen LogP contribution in [-0.2, 0) is 7.05 Å². The fourth-order valence-electron chi connectivity index (χ4n) is 2.87. The van der Waals surface area contributed by atoms with Gasteiger partial charge in [0.2, 0.25) is 0 Å². The number of hydrogen-bond donors (Lipinski definition) is 2. The Morgan fingerprint density at radius 2 is 1.83 bits per heavy atom. The summed E-state index contributed by atoms with van der Waals surface area (Å²) >= 11 is 0. The van der Waals surface area contributed by atoms with Crippen molar-refractivity contribution < 1.29 is 19.4 Å². The Kier molecular flexibility index (Phi) is 4.93. The maximum atomic E-state index is 13.5. The summed E-state index contributed by atoms with van der Waals surface area (Å²) in [7, 11) is 1.80. The molecule has 4 nitrogen and oxygen atoms in total. The summed E-state index contributed by atoms with van der Waals surface area (Å²) in [6, 6.07) is 9.10. The minimum Gasteiger partial charge on any atom is -0.507 e. The third-order valence-electron chi connectivity index (χ3n) is 3.90. The molecule has 24 heavy (non-hydrogen) atoms. The Morgan fingerprint density at radius 3 is 2.42 bits per heavy atom. The van der Waals surface area contributed by atoms with Gasteiger partial charge < -0.3 is 14.8 Å². The molecule has 0 radical (unpaired) electrons. The molecule has 0 saturated heterocycles. The quantitative estimate of drug-likeness (QED) is 0.715. The number of benzene rings is 2. The monoisotopic (exact) mass is 329 g/mol. The molecule has 2 aromatic carbocycles. The van der Waals surface area contributed by atoms with Crippen LogP contribution in [0.25, 0.3) is 22.2 Å². The number of fused-ring (bicyclic) bond motifs is 1. The highest BCUT2D eigenvalue weighted by atomic mass is 19.1. The summed E-state index contributed by atoms with van der Waals surface area (Å²) in [5.41, 5.74) is 2.88. The van der Waals surface area contributed by atoms with E-state index in [0.29, 0.717) is 11.1 Å². The number of carboxylic acid groups (broad SMARTS) is 1. The Morgan fingerprint density at radius 1 is 1.17 bits per heavy atom. The molecular formula is C19H20FNO3. The molecule has 2 N–H and O–H groups in total. The van der Waals surface area contributed by atoms with E-state index in [1.807, 2.05) is 25.3 Å². The second-order valence-electron chi connectivity index (χ2n) is 5.23. The van der Waals surface area contributed by atoms with Gasteiger partial charge in [0.05, 0.1) is 11.2 Å². The normalized spacial score (nSPS) is 10.4. The van der Waals surface area contributed by atoms with Crippen LogP contribution in [0, 0.1) is 12.7 Å². The number of halogens is 1. The van der Waals surface area contributed by atoms with Crippen molar-refractivity contribution in [3.8, 4) is 17.0 Å². The number of rotatable bonds is 2. The Hall–Kier alpha value is -2.82. The fraction of sp³-hybridized carbons (Fsp3) is 0.211. The lowest BCUT2D eigenvalue weighted by atomic mass is 10.0. The Bertz CT molecular complexity index is 913. The first-order valence-electron chi connectivity index (χ1n) is 7.71. The minimum absolute atomic E-state index is 0.146. The van der Waals surface area contributed by atoms with E-state index in [1.165, 1.54) is 24.3 Å². The van der Waals surface area contributed by atoms with Gasteiger partial charge in [-0.25, -0.2) is 9.18 Å². The van der Waals surface area contributed by atoms with Crippen LogP contribution in [0.3, 0.4) is 0 Å². The summed E-state index contributed by atoms with van der Waals surface area (Å²) in [5.74, 6) is -1.81. The molecule has 0 aliphatic rings. The molecule has 3 aromatic rings. The highest BCUT2D eigenvalue weighted by Gasteiger charge is 2.18. The van der Waals surface area contributed by atoms with Gasteiger partial charge in [-0.1, -0.05) is 26.0 Å². The van der Waals surface area contributed by atoms with Crippen LogP contribution in [0.4, 0.5) is 4.39 Å². The molecule has 0 unspecified atom stereocenters. The van der Waals surface area contributed by atoms with Gasteiger partial charge in [0, 0.05) is 24.1 Å². The van der Waals surface area contributed by atoms with Crippen molar-refractivity contribution in [2.24, 2.45) is 7.05 Å². The molecule has 3 rings (SSSR count). The standard InChI is InChI=1S/C17H14FNO3.C2H6/c1-9-12-7-13(17(21)22)15(20)8-14(12)19(2)16(9)10-4-3-5-11(18)6-10;1-2/h3-8,20H,1-2H3,(H,21,22);1-2H3. The summed E-state index contributed by atoms with van der Waals surface area (Å²) in [5, 5.41) is 19.7. The molecule has 0 fully saturated rings. The molecule has 126 valence electrons. The van der Waals surface area contributed by atoms with Crippen molar-refractivity contribution in [2.45, 2.75) is 20.8 Å². The van der Waals surface area contributed by atoms with Crippen molar-refractivity contribution in [1.29, 1.82) is 0 Å². The van der Waals surface area contributed by atoms with Crippen molar-refractivity contribution >= 4 is 16.9 Å². The van der Waals surface area contributed by atoms with E-state index >= 15 is 0 Å². The molecule has 0 saturated carbocycles. The smallest absolute Gasteiger partial charge is 0.339 e. The number of hydrogen-bond acceptors (Lipinski definition) is 2. The zero-order valence-electron chi connectivity index (χ0n) is 14.1. The molecular weight excluding hydrogens is 309 g/mol. The molecule has 0 aliphatic heterocycles. The average molecular weight is 329 g/mol. The molecule has 1 aromatic heterocycles. The lowest BCUT2D eigenvalue weighted by molar-refractivity contribution is 0.0694. The zero-order valence-corrected chi connectivity index (χ0v) is 14.1. The topological polar surface area (TPSA) is 62.5 Å². The first kappa shape index (κ1) is 17.5. The highest BCUT2D eigenvalue weighted by molar-refractivity contribution is 6.00. The SMILES string of the molecule is CC.Cc1c(-c2cccc(F)c2)n(C)c2cc(O)c(C(=O)O)cc12. The van der Waals surface area contributed by atoms with E-state index in [0.717, 1.165) is 16.6 Å². The molecule has 0 bridgehead atoms. The summed E-state index contributed by atoms with van der Waals surface area (Å²) < 4.78 is 15.3. The predicted octanol–water partition coefficient (Wildman–Crippen LogP) is 4.72. The Balaban J connectivity index is 0.00000100. The minimum atomic E-state index is -1.19. The lowest BCUT2D eigenvalue weighted by Crippen LogP contribution is -1.97. The van der Waals surface area contributed by atoms with Gasteiger partial charge in [0.25, 0.3) is 0 Å². The van der Waals surface area contributed by atoms with E-state index < -0.39 is 5.97 Å². The number of nitrogens with zero attached hydrogens (tertiary/aromatic N) is 1. The predicted molar refractivity (Wildman–Crippen MR) is 93.0 cm³/mol. The number of phenols is 1. The van der Waals surface area contributed by atoms with Crippen LogP contribution in [-0.4, -0.2) is 20.7 Å². The number of carboxylic acids is 1. The maximum Gasteiger partial charge on any atom is 0.339 e. The van der Waals surface area contributed by atoms with Gasteiger partial charge in [0.15, 0.2) is 0 Å². The van der Waals surface area contributed by atoms with Gasteiger partial charge in [0.1, 0.15) is 17.1 Å². The number of aromatic nitrogens is 1. The molecule has 0 spiro atoms. The third kappa shape index (κ3) is 2.85. The number of aromatic hydroxyl groups is 1. The van der Waals surface area contributed by atoms with Gasteiger partial charge in [-0.05, 0) is 30.7 Å². The van der Waals surface area contributed by atoms with Gasteiger partial charge in [-0.2, -0.15) is 0 Å². The van der Waals surface area contributed by atoms with Crippen molar-refractivity contribution in [3.63, 3.8) is 0 Å². The molecule has 1 heterocycles. The number of aromatic carboxylic acids is 1. The molecule has 5 heteroatoms. The molecule has 0 aliphatic carbocycles. The van der Waals surface area contributed by atoms with Crippen LogP contribution < -0.4 is 0 Å². The van der Waals surface area contributed by atoms with E-state index in [-0.39, 0.29) is 17.1 Å². The number of carbonyl (C=O) groups is 1. The van der Waals surface area contributed by atoms with Crippen molar-refractivity contribution in [3.05, 3.63) is 53.3 Å². The van der Waals surface area contributed by atoms with Crippen molar-refractivity contribution in [2.75, 3.05) is 0 Å². The molecule has 0 atom stereocenters. The lowest BCUT2D eigenvalue weighted by Gasteiger charge is -2.06. The van der Waals surface area contributed by atoms with Gasteiger partial charge in [-0.15, -0.1) is 0 Å². The van der Waals surface area contributed by atoms with Crippen LogP contribution in [0.15, 0.2) is 36.4 Å². The van der Waals surface area contributed by atoms with E-state index in [4.69, 9.17) is 5.11 Å². The number of aryl methyl sites for hydroxylation is 2.